The standard InChI is InChI=1S/C20H32N2O.H2/c1-20(2,3)19(23)22-15-18-10-5-4-9-17(18)14-16-8-6-7-12-21-13-11-16;/h4-5,9-10,16,21H,6-8,11-15H2,1-3H3,(H,22,23);1H. The zero-order valence-corrected chi connectivity index (χ0v) is 15.0. The molecule has 1 saturated heterocycles. The molecule has 1 amide bonds. The molecule has 1 fully saturated rings. The van der Waals surface area contributed by atoms with Crippen LogP contribution in [0.2, 0.25) is 0 Å². The molecule has 130 valence electrons. The quantitative estimate of drug-likeness (QED) is 0.883. The third-order valence-electron chi connectivity index (χ3n) is 4.69. The highest BCUT2D eigenvalue weighted by atomic mass is 16.2. The molecule has 0 spiro atoms. The first-order chi connectivity index (χ1) is 11.0. The average Bonchev–Trinajstić information content (AvgIpc) is 2.47. The van der Waals surface area contributed by atoms with Crippen LogP contribution in [0, 0.1) is 11.3 Å². The van der Waals surface area contributed by atoms with E-state index in [4.69, 9.17) is 0 Å². The van der Waals surface area contributed by atoms with Gasteiger partial charge in [0.05, 0.1) is 0 Å². The van der Waals surface area contributed by atoms with Crippen LogP contribution in [0.5, 0.6) is 0 Å². The summed E-state index contributed by atoms with van der Waals surface area (Å²) in [5.41, 5.74) is 2.33. The van der Waals surface area contributed by atoms with Crippen LogP contribution in [0.15, 0.2) is 24.3 Å². The largest absolute Gasteiger partial charge is 0.352 e. The molecular weight excluding hydrogens is 284 g/mol. The first-order valence-corrected chi connectivity index (χ1v) is 9.02. The van der Waals surface area contributed by atoms with Gasteiger partial charge in [-0.1, -0.05) is 57.9 Å². The van der Waals surface area contributed by atoms with Crippen LogP contribution >= 0.6 is 0 Å². The molecule has 2 N–H and O–H groups in total. The van der Waals surface area contributed by atoms with Gasteiger partial charge in [-0.15, -0.1) is 0 Å². The topological polar surface area (TPSA) is 41.1 Å². The molecule has 1 aromatic carbocycles. The van der Waals surface area contributed by atoms with E-state index in [0.717, 1.165) is 18.9 Å². The van der Waals surface area contributed by atoms with Gasteiger partial charge < -0.3 is 10.6 Å². The van der Waals surface area contributed by atoms with E-state index in [2.05, 4.69) is 34.9 Å². The number of carbonyl (C=O) groups excluding carboxylic acids is 1. The van der Waals surface area contributed by atoms with E-state index >= 15 is 0 Å². The lowest BCUT2D eigenvalue weighted by Crippen LogP contribution is -2.34. The predicted octanol–water partition coefficient (Wildman–Crippen LogP) is 3.92. The summed E-state index contributed by atoms with van der Waals surface area (Å²) < 4.78 is 0. The number of rotatable bonds is 4. The van der Waals surface area contributed by atoms with Crippen molar-refractivity contribution in [3.63, 3.8) is 0 Å². The second kappa shape index (κ2) is 8.49. The third kappa shape index (κ3) is 5.98. The number of benzene rings is 1. The summed E-state index contributed by atoms with van der Waals surface area (Å²) in [7, 11) is 0. The van der Waals surface area contributed by atoms with Gasteiger partial charge in [0.1, 0.15) is 0 Å². The Morgan fingerprint density at radius 2 is 1.91 bits per heavy atom. The van der Waals surface area contributed by atoms with Gasteiger partial charge in [0.25, 0.3) is 0 Å². The fourth-order valence-electron chi connectivity index (χ4n) is 3.14. The number of nitrogens with one attached hydrogen (secondary N) is 2. The highest BCUT2D eigenvalue weighted by Gasteiger charge is 2.21. The Morgan fingerprint density at radius 1 is 1.17 bits per heavy atom. The molecule has 0 aromatic heterocycles. The van der Waals surface area contributed by atoms with E-state index in [1.807, 2.05) is 20.8 Å². The van der Waals surface area contributed by atoms with Crippen molar-refractivity contribution in [1.29, 1.82) is 0 Å². The Kier molecular flexibility index (Phi) is 6.64. The van der Waals surface area contributed by atoms with E-state index < -0.39 is 0 Å². The van der Waals surface area contributed by atoms with Gasteiger partial charge in [-0.25, -0.2) is 0 Å². The molecule has 0 saturated carbocycles. The normalized spacial score (nSPS) is 19.7. The Hall–Kier alpha value is -1.35. The minimum atomic E-state index is -0.333. The Bertz CT molecular complexity index is 503. The van der Waals surface area contributed by atoms with Crippen LogP contribution in [0.3, 0.4) is 0 Å². The SMILES string of the molecule is CC(C)(C)C(=O)NCc1ccccc1CC1CCCCNCC1.[HH]. The lowest BCUT2D eigenvalue weighted by molar-refractivity contribution is -0.128. The molecular formula is C20H34N2O. The second-order valence-electron chi connectivity index (χ2n) is 7.81. The maximum absolute atomic E-state index is 12.1. The zero-order valence-electron chi connectivity index (χ0n) is 15.0. The molecule has 0 radical (unpaired) electrons. The lowest BCUT2D eigenvalue weighted by Gasteiger charge is -2.22. The van der Waals surface area contributed by atoms with Crippen molar-refractivity contribution >= 4 is 5.91 Å². The summed E-state index contributed by atoms with van der Waals surface area (Å²) in [6.07, 6.45) is 6.32. The van der Waals surface area contributed by atoms with E-state index in [1.165, 1.54) is 43.4 Å². The molecule has 1 unspecified atom stereocenters. The van der Waals surface area contributed by atoms with Crippen LogP contribution in [0.1, 0.15) is 59.0 Å². The summed E-state index contributed by atoms with van der Waals surface area (Å²) in [6.45, 7) is 8.80. The molecule has 1 aliphatic heterocycles. The fourth-order valence-corrected chi connectivity index (χ4v) is 3.14. The summed E-state index contributed by atoms with van der Waals surface area (Å²) in [6, 6.07) is 8.57. The van der Waals surface area contributed by atoms with Crippen molar-refractivity contribution in [2.24, 2.45) is 11.3 Å². The summed E-state index contributed by atoms with van der Waals surface area (Å²) in [4.78, 5) is 12.1. The molecule has 1 heterocycles. The second-order valence-corrected chi connectivity index (χ2v) is 7.81. The van der Waals surface area contributed by atoms with Gasteiger partial charge in [0, 0.05) is 13.4 Å². The molecule has 23 heavy (non-hydrogen) atoms. The maximum atomic E-state index is 12.1. The Morgan fingerprint density at radius 3 is 2.65 bits per heavy atom. The van der Waals surface area contributed by atoms with E-state index in [-0.39, 0.29) is 12.7 Å². The molecule has 1 aromatic rings. The van der Waals surface area contributed by atoms with E-state index in [1.54, 1.807) is 0 Å². The highest BCUT2D eigenvalue weighted by Crippen LogP contribution is 2.22. The fraction of sp³-hybridized carbons (Fsp3) is 0.650. The predicted molar refractivity (Wildman–Crippen MR) is 98.4 cm³/mol. The summed E-state index contributed by atoms with van der Waals surface area (Å²) >= 11 is 0. The van der Waals surface area contributed by atoms with Crippen molar-refractivity contribution in [3.8, 4) is 0 Å². The number of amides is 1. The minimum Gasteiger partial charge on any atom is -0.352 e. The lowest BCUT2D eigenvalue weighted by atomic mass is 9.88. The maximum Gasteiger partial charge on any atom is 0.225 e. The first kappa shape index (κ1) is 18.0. The first-order valence-electron chi connectivity index (χ1n) is 9.02. The van der Waals surface area contributed by atoms with Crippen molar-refractivity contribution < 1.29 is 6.22 Å². The van der Waals surface area contributed by atoms with E-state index in [9.17, 15) is 4.79 Å². The van der Waals surface area contributed by atoms with Gasteiger partial charge in [0.15, 0.2) is 0 Å². The summed E-state index contributed by atoms with van der Waals surface area (Å²) in [5, 5.41) is 6.60. The summed E-state index contributed by atoms with van der Waals surface area (Å²) in [5.74, 6) is 0.865. The Balaban J connectivity index is 0.00000288. The number of hydrogen-bond acceptors (Lipinski definition) is 2. The van der Waals surface area contributed by atoms with Gasteiger partial charge >= 0.3 is 0 Å². The Labute approximate surface area is 142 Å². The van der Waals surface area contributed by atoms with Gasteiger partial charge in [-0.3, -0.25) is 4.79 Å². The van der Waals surface area contributed by atoms with Crippen molar-refractivity contribution in [2.75, 3.05) is 13.1 Å². The van der Waals surface area contributed by atoms with Crippen molar-refractivity contribution in [3.05, 3.63) is 35.4 Å². The van der Waals surface area contributed by atoms with Gasteiger partial charge in [-0.2, -0.15) is 0 Å². The zero-order chi connectivity index (χ0) is 16.7. The third-order valence-corrected chi connectivity index (χ3v) is 4.69. The molecule has 2 rings (SSSR count). The molecule has 0 bridgehead atoms. The smallest absolute Gasteiger partial charge is 0.225 e. The molecule has 3 nitrogen and oxygen atoms in total. The van der Waals surface area contributed by atoms with Gasteiger partial charge in [0.2, 0.25) is 5.91 Å². The highest BCUT2D eigenvalue weighted by molar-refractivity contribution is 5.81. The van der Waals surface area contributed by atoms with Crippen LogP contribution in [0.25, 0.3) is 0 Å². The average molecular weight is 319 g/mol. The van der Waals surface area contributed by atoms with Crippen molar-refractivity contribution in [2.45, 2.75) is 59.4 Å². The van der Waals surface area contributed by atoms with Gasteiger partial charge in [-0.05, 0) is 49.4 Å². The monoisotopic (exact) mass is 318 g/mol. The van der Waals surface area contributed by atoms with E-state index in [0.29, 0.717) is 6.54 Å². The van der Waals surface area contributed by atoms with Crippen LogP contribution in [-0.2, 0) is 17.8 Å². The van der Waals surface area contributed by atoms with Crippen molar-refractivity contribution in [1.82, 2.24) is 10.6 Å². The van der Waals surface area contributed by atoms with Crippen LogP contribution in [-0.4, -0.2) is 19.0 Å². The minimum absolute atomic E-state index is 0. The number of carbonyl (C=O) groups is 1. The molecule has 1 aliphatic rings. The molecule has 1 atom stereocenters. The molecule has 0 aliphatic carbocycles. The number of hydrogen-bond donors (Lipinski definition) is 2. The van der Waals surface area contributed by atoms with Crippen LogP contribution in [0.4, 0.5) is 0 Å². The van der Waals surface area contributed by atoms with Crippen LogP contribution < -0.4 is 10.6 Å². The molecule has 3 heteroatoms.